The highest BCUT2D eigenvalue weighted by Gasteiger charge is 2.20. The standard InChI is InChI=1S/C19H20N2O5/c1-4-14-5-8-16(9-6-14)20-18(22)13(3)26-19(23)15-7-10-17(21(24)25)12(2)11-15/h5-11,13H,4H2,1-3H3,(H,20,22)/t13-/m1/s1. The van der Waals surface area contributed by atoms with E-state index in [2.05, 4.69) is 5.32 Å². The van der Waals surface area contributed by atoms with E-state index in [4.69, 9.17) is 4.74 Å². The molecule has 1 atom stereocenters. The Labute approximate surface area is 151 Å². The van der Waals surface area contributed by atoms with Crippen LogP contribution in [-0.2, 0) is 16.0 Å². The lowest BCUT2D eigenvalue weighted by Crippen LogP contribution is -2.30. The third-order valence-corrected chi connectivity index (χ3v) is 3.91. The normalized spacial score (nSPS) is 11.5. The van der Waals surface area contributed by atoms with Crippen LogP contribution in [-0.4, -0.2) is 22.9 Å². The summed E-state index contributed by atoms with van der Waals surface area (Å²) in [5.41, 5.74) is 2.18. The molecule has 0 aliphatic carbocycles. The zero-order valence-corrected chi connectivity index (χ0v) is 14.8. The molecule has 26 heavy (non-hydrogen) atoms. The summed E-state index contributed by atoms with van der Waals surface area (Å²) in [7, 11) is 0. The van der Waals surface area contributed by atoms with E-state index < -0.39 is 22.9 Å². The van der Waals surface area contributed by atoms with Gasteiger partial charge in [0, 0.05) is 17.3 Å². The SMILES string of the molecule is CCc1ccc(NC(=O)[C@@H](C)OC(=O)c2ccc([N+](=O)[O-])c(C)c2)cc1. The molecule has 2 rings (SSSR count). The molecule has 0 aliphatic heterocycles. The number of carbonyl (C=O) groups excluding carboxylic acids is 2. The lowest BCUT2D eigenvalue weighted by atomic mass is 10.1. The molecule has 0 aromatic heterocycles. The van der Waals surface area contributed by atoms with E-state index in [1.165, 1.54) is 32.0 Å². The van der Waals surface area contributed by atoms with Crippen molar-refractivity contribution in [1.82, 2.24) is 0 Å². The molecule has 0 spiro atoms. The van der Waals surface area contributed by atoms with Crippen molar-refractivity contribution in [2.45, 2.75) is 33.3 Å². The number of ether oxygens (including phenoxy) is 1. The zero-order valence-electron chi connectivity index (χ0n) is 14.8. The van der Waals surface area contributed by atoms with Crippen molar-refractivity contribution in [2.24, 2.45) is 0 Å². The van der Waals surface area contributed by atoms with Gasteiger partial charge in [-0.25, -0.2) is 4.79 Å². The van der Waals surface area contributed by atoms with Crippen LogP contribution in [0, 0.1) is 17.0 Å². The number of anilines is 1. The van der Waals surface area contributed by atoms with E-state index in [1.807, 2.05) is 19.1 Å². The highest BCUT2D eigenvalue weighted by atomic mass is 16.6. The second-order valence-corrected chi connectivity index (χ2v) is 5.85. The number of nitro benzene ring substituents is 1. The van der Waals surface area contributed by atoms with E-state index in [-0.39, 0.29) is 11.3 Å². The number of esters is 1. The van der Waals surface area contributed by atoms with Crippen LogP contribution >= 0.6 is 0 Å². The number of benzene rings is 2. The van der Waals surface area contributed by atoms with Gasteiger partial charge in [-0.05, 0) is 50.1 Å². The molecule has 0 bridgehead atoms. The van der Waals surface area contributed by atoms with Gasteiger partial charge in [0.05, 0.1) is 10.5 Å². The van der Waals surface area contributed by atoms with Crippen LogP contribution in [0.15, 0.2) is 42.5 Å². The number of amides is 1. The molecule has 0 aliphatic rings. The Hall–Kier alpha value is -3.22. The summed E-state index contributed by atoms with van der Waals surface area (Å²) in [4.78, 5) is 34.6. The minimum absolute atomic E-state index is 0.0807. The first-order valence-electron chi connectivity index (χ1n) is 8.17. The fourth-order valence-corrected chi connectivity index (χ4v) is 2.34. The highest BCUT2D eigenvalue weighted by molar-refractivity contribution is 5.97. The first-order valence-corrected chi connectivity index (χ1v) is 8.17. The first kappa shape index (κ1) is 19.1. The predicted octanol–water partition coefficient (Wildman–Crippen LogP) is 3.65. The van der Waals surface area contributed by atoms with Gasteiger partial charge >= 0.3 is 5.97 Å². The molecule has 0 heterocycles. The van der Waals surface area contributed by atoms with Crippen LogP contribution in [0.5, 0.6) is 0 Å². The van der Waals surface area contributed by atoms with Gasteiger partial charge in [-0.3, -0.25) is 14.9 Å². The molecule has 0 saturated heterocycles. The summed E-state index contributed by atoms with van der Waals surface area (Å²) in [6.45, 7) is 5.03. The number of nitrogens with one attached hydrogen (secondary N) is 1. The maximum atomic E-state index is 12.2. The molecular weight excluding hydrogens is 336 g/mol. The average Bonchev–Trinajstić information content (AvgIpc) is 2.61. The van der Waals surface area contributed by atoms with Crippen molar-refractivity contribution in [1.29, 1.82) is 0 Å². The molecule has 7 heteroatoms. The van der Waals surface area contributed by atoms with Gasteiger partial charge in [0.15, 0.2) is 6.10 Å². The zero-order chi connectivity index (χ0) is 19.3. The molecule has 0 radical (unpaired) electrons. The minimum atomic E-state index is -1.01. The van der Waals surface area contributed by atoms with Gasteiger partial charge in [-0.1, -0.05) is 19.1 Å². The fraction of sp³-hybridized carbons (Fsp3) is 0.263. The van der Waals surface area contributed by atoms with Crippen LogP contribution in [0.2, 0.25) is 0 Å². The third kappa shape index (κ3) is 4.66. The van der Waals surface area contributed by atoms with Gasteiger partial charge in [0.1, 0.15) is 0 Å². The summed E-state index contributed by atoms with van der Waals surface area (Å²) in [5.74, 6) is -1.17. The van der Waals surface area contributed by atoms with Gasteiger partial charge < -0.3 is 10.1 Å². The molecule has 0 saturated carbocycles. The van der Waals surface area contributed by atoms with E-state index in [9.17, 15) is 19.7 Å². The summed E-state index contributed by atoms with van der Waals surface area (Å²) >= 11 is 0. The molecule has 2 aromatic carbocycles. The van der Waals surface area contributed by atoms with E-state index in [0.717, 1.165) is 12.0 Å². The van der Waals surface area contributed by atoms with Crippen molar-refractivity contribution in [2.75, 3.05) is 5.32 Å². The van der Waals surface area contributed by atoms with E-state index in [1.54, 1.807) is 12.1 Å². The van der Waals surface area contributed by atoms with Crippen LogP contribution in [0.1, 0.15) is 35.3 Å². The highest BCUT2D eigenvalue weighted by Crippen LogP contribution is 2.19. The second-order valence-electron chi connectivity index (χ2n) is 5.85. The number of hydrogen-bond donors (Lipinski definition) is 1. The average molecular weight is 356 g/mol. The van der Waals surface area contributed by atoms with Crippen molar-refractivity contribution >= 4 is 23.3 Å². The quantitative estimate of drug-likeness (QED) is 0.484. The summed E-state index contributed by atoms with van der Waals surface area (Å²) in [6, 6.07) is 11.3. The van der Waals surface area contributed by atoms with Crippen molar-refractivity contribution < 1.29 is 19.2 Å². The van der Waals surface area contributed by atoms with Crippen LogP contribution < -0.4 is 5.32 Å². The Balaban J connectivity index is 2.00. The van der Waals surface area contributed by atoms with Gasteiger partial charge in [0.2, 0.25) is 0 Å². The van der Waals surface area contributed by atoms with Crippen LogP contribution in [0.4, 0.5) is 11.4 Å². The molecule has 1 amide bonds. The summed E-state index contributed by atoms with van der Waals surface area (Å²) in [6.07, 6.45) is -0.111. The lowest BCUT2D eigenvalue weighted by molar-refractivity contribution is -0.385. The molecule has 2 aromatic rings. The number of hydrogen-bond acceptors (Lipinski definition) is 5. The molecular formula is C19H20N2O5. The number of nitro groups is 1. The van der Waals surface area contributed by atoms with Crippen LogP contribution in [0.25, 0.3) is 0 Å². The topological polar surface area (TPSA) is 98.5 Å². The second kappa shape index (κ2) is 8.24. The Morgan fingerprint density at radius 3 is 2.38 bits per heavy atom. The Bertz CT molecular complexity index is 830. The Kier molecular flexibility index (Phi) is 6.06. The molecule has 136 valence electrons. The maximum absolute atomic E-state index is 12.2. The lowest BCUT2D eigenvalue weighted by Gasteiger charge is -2.14. The minimum Gasteiger partial charge on any atom is -0.449 e. The Morgan fingerprint density at radius 2 is 1.85 bits per heavy atom. The molecule has 1 N–H and O–H groups in total. The van der Waals surface area contributed by atoms with Gasteiger partial charge in [0.25, 0.3) is 11.6 Å². The van der Waals surface area contributed by atoms with E-state index >= 15 is 0 Å². The monoisotopic (exact) mass is 356 g/mol. The first-order chi connectivity index (χ1) is 12.3. The molecule has 0 fully saturated rings. The van der Waals surface area contributed by atoms with Crippen LogP contribution in [0.3, 0.4) is 0 Å². The molecule has 7 nitrogen and oxygen atoms in total. The van der Waals surface area contributed by atoms with Gasteiger partial charge in [-0.2, -0.15) is 0 Å². The fourth-order valence-electron chi connectivity index (χ4n) is 2.34. The number of carbonyl (C=O) groups is 2. The summed E-state index contributed by atoms with van der Waals surface area (Å²) in [5, 5.41) is 13.5. The maximum Gasteiger partial charge on any atom is 0.338 e. The third-order valence-electron chi connectivity index (χ3n) is 3.91. The summed E-state index contributed by atoms with van der Waals surface area (Å²) < 4.78 is 5.15. The van der Waals surface area contributed by atoms with Crippen molar-refractivity contribution in [3.8, 4) is 0 Å². The predicted molar refractivity (Wildman–Crippen MR) is 97.2 cm³/mol. The number of nitrogens with zero attached hydrogens (tertiary/aromatic N) is 1. The largest absolute Gasteiger partial charge is 0.449 e. The molecule has 0 unspecified atom stereocenters. The number of aryl methyl sites for hydroxylation is 2. The smallest absolute Gasteiger partial charge is 0.338 e. The van der Waals surface area contributed by atoms with Crippen molar-refractivity contribution in [3.05, 3.63) is 69.3 Å². The van der Waals surface area contributed by atoms with E-state index in [0.29, 0.717) is 11.3 Å². The van der Waals surface area contributed by atoms with Crippen molar-refractivity contribution in [3.63, 3.8) is 0 Å². The van der Waals surface area contributed by atoms with Gasteiger partial charge in [-0.15, -0.1) is 0 Å². The Morgan fingerprint density at radius 1 is 1.19 bits per heavy atom. The number of rotatable bonds is 6.